The van der Waals surface area contributed by atoms with Crippen molar-refractivity contribution in [2.24, 2.45) is 0 Å². The molecule has 2 aromatic rings. The zero-order valence-electron chi connectivity index (χ0n) is 16.6. The van der Waals surface area contributed by atoms with Crippen LogP contribution in [0.2, 0.25) is 5.02 Å². The molecule has 30 heavy (non-hydrogen) atoms. The zero-order valence-corrected chi connectivity index (χ0v) is 18.1. The third-order valence-electron chi connectivity index (χ3n) is 5.18. The molecule has 0 aromatic heterocycles. The van der Waals surface area contributed by atoms with Gasteiger partial charge in [-0.3, -0.25) is 19.4 Å². The minimum absolute atomic E-state index is 0.218. The van der Waals surface area contributed by atoms with Gasteiger partial charge < -0.3 is 4.74 Å². The summed E-state index contributed by atoms with van der Waals surface area (Å²) < 4.78 is 5.38. The number of carbonyl (C=O) groups excluding carboxylic acids is 2. The maximum absolute atomic E-state index is 13.2. The lowest BCUT2D eigenvalue weighted by Gasteiger charge is -2.27. The normalized spacial score (nSPS) is 17.8. The quantitative estimate of drug-likeness (QED) is 0.608. The first kappa shape index (κ1) is 21.1. The lowest BCUT2D eigenvalue weighted by molar-refractivity contribution is -0.136. The Morgan fingerprint density at radius 1 is 0.900 bits per heavy atom. The van der Waals surface area contributed by atoms with Gasteiger partial charge >= 0.3 is 0 Å². The van der Waals surface area contributed by atoms with Crippen molar-refractivity contribution in [3.05, 3.63) is 70.1 Å². The lowest BCUT2D eigenvalue weighted by atomic mass is 10.1. The second-order valence-electron chi connectivity index (χ2n) is 7.20. The van der Waals surface area contributed by atoms with E-state index in [4.69, 9.17) is 16.3 Å². The van der Waals surface area contributed by atoms with Crippen molar-refractivity contribution < 1.29 is 14.3 Å². The van der Waals surface area contributed by atoms with E-state index in [1.807, 2.05) is 42.5 Å². The molecule has 0 bridgehead atoms. The van der Waals surface area contributed by atoms with Crippen LogP contribution in [-0.2, 0) is 14.3 Å². The van der Waals surface area contributed by atoms with Crippen LogP contribution in [0.25, 0.3) is 5.57 Å². The zero-order chi connectivity index (χ0) is 20.9. The smallest absolute Gasteiger partial charge is 0.268 e. The van der Waals surface area contributed by atoms with Gasteiger partial charge in [0.05, 0.1) is 23.7 Å². The molecule has 5 nitrogen and oxygen atoms in total. The number of benzene rings is 2. The predicted molar refractivity (Wildman–Crippen MR) is 119 cm³/mol. The number of hydrogen-bond acceptors (Lipinski definition) is 5. The molecule has 2 heterocycles. The molecule has 7 heteroatoms. The largest absolute Gasteiger partial charge is 0.379 e. The van der Waals surface area contributed by atoms with E-state index >= 15 is 0 Å². The maximum atomic E-state index is 13.2. The molecule has 1 saturated heterocycles. The fraction of sp³-hybridized carbons (Fsp3) is 0.304. The molecule has 1 fully saturated rings. The number of hydrogen-bond donors (Lipinski definition) is 0. The highest BCUT2D eigenvalue weighted by atomic mass is 35.5. The van der Waals surface area contributed by atoms with Gasteiger partial charge in [-0.05, 0) is 36.2 Å². The third kappa shape index (κ3) is 4.78. The monoisotopic (exact) mass is 442 g/mol. The number of thioether (sulfide) groups is 1. The van der Waals surface area contributed by atoms with Crippen LogP contribution in [0.5, 0.6) is 0 Å². The molecule has 0 radical (unpaired) electrons. The van der Waals surface area contributed by atoms with Crippen LogP contribution in [-0.4, -0.2) is 61.0 Å². The number of amides is 2. The highest BCUT2D eigenvalue weighted by molar-refractivity contribution is 8.04. The Labute approximate surface area is 185 Å². The maximum Gasteiger partial charge on any atom is 0.268 e. The van der Waals surface area contributed by atoms with Gasteiger partial charge in [-0.15, -0.1) is 0 Å². The van der Waals surface area contributed by atoms with E-state index in [1.165, 1.54) is 16.7 Å². The Kier molecular flexibility index (Phi) is 6.89. The van der Waals surface area contributed by atoms with E-state index in [-0.39, 0.29) is 11.8 Å². The highest BCUT2D eigenvalue weighted by Gasteiger charge is 2.39. The second kappa shape index (κ2) is 9.79. The van der Waals surface area contributed by atoms with Crippen molar-refractivity contribution in [2.75, 3.05) is 39.4 Å². The first-order chi connectivity index (χ1) is 14.6. The van der Waals surface area contributed by atoms with E-state index < -0.39 is 0 Å². The Morgan fingerprint density at radius 2 is 1.60 bits per heavy atom. The molecule has 0 N–H and O–H groups in total. The molecule has 0 aliphatic carbocycles. The fourth-order valence-electron chi connectivity index (χ4n) is 3.61. The summed E-state index contributed by atoms with van der Waals surface area (Å²) in [6, 6.07) is 16.7. The molecule has 2 amide bonds. The van der Waals surface area contributed by atoms with Crippen LogP contribution >= 0.6 is 23.4 Å². The lowest BCUT2D eigenvalue weighted by Crippen LogP contribution is -2.39. The molecule has 0 spiro atoms. The van der Waals surface area contributed by atoms with Crippen molar-refractivity contribution in [2.45, 2.75) is 11.3 Å². The minimum atomic E-state index is -0.221. The molecular weight excluding hydrogens is 420 g/mol. The van der Waals surface area contributed by atoms with Crippen LogP contribution in [0.3, 0.4) is 0 Å². The Hall–Kier alpha value is -2.12. The Balaban J connectivity index is 1.53. The number of rotatable bonds is 7. The average Bonchev–Trinajstić information content (AvgIpc) is 3.01. The van der Waals surface area contributed by atoms with E-state index in [0.29, 0.717) is 22.0 Å². The minimum Gasteiger partial charge on any atom is -0.379 e. The van der Waals surface area contributed by atoms with Gasteiger partial charge in [-0.25, -0.2) is 0 Å². The van der Waals surface area contributed by atoms with Crippen LogP contribution in [0.15, 0.2) is 64.4 Å². The second-order valence-corrected chi connectivity index (χ2v) is 8.72. The van der Waals surface area contributed by atoms with E-state index in [9.17, 15) is 9.59 Å². The molecular formula is C23H23ClN2O3S. The first-order valence-electron chi connectivity index (χ1n) is 10.0. The molecule has 2 aliphatic heterocycles. The van der Waals surface area contributed by atoms with Crippen LogP contribution < -0.4 is 0 Å². The topological polar surface area (TPSA) is 49.9 Å². The van der Waals surface area contributed by atoms with Gasteiger partial charge in [0.1, 0.15) is 0 Å². The summed E-state index contributed by atoms with van der Waals surface area (Å²) in [6.45, 7) is 4.53. The summed E-state index contributed by atoms with van der Waals surface area (Å²) in [5.74, 6) is -0.439. The summed E-state index contributed by atoms with van der Waals surface area (Å²) in [5.41, 5.74) is 1.25. The van der Waals surface area contributed by atoms with Crippen molar-refractivity contribution in [3.8, 4) is 0 Å². The Bertz CT molecular complexity index is 941. The SMILES string of the molecule is O=C1C(Sc2ccc(Cl)cc2)=C(c2ccccc2)C(=O)N1CCCN1CCOCC1. The average molecular weight is 443 g/mol. The highest BCUT2D eigenvalue weighted by Crippen LogP contribution is 2.39. The van der Waals surface area contributed by atoms with Gasteiger partial charge in [0, 0.05) is 36.1 Å². The number of ether oxygens (including phenoxy) is 1. The van der Waals surface area contributed by atoms with E-state index in [2.05, 4.69) is 4.90 Å². The molecule has 4 rings (SSSR count). The molecule has 2 aliphatic rings. The molecule has 2 aromatic carbocycles. The molecule has 0 atom stereocenters. The summed E-state index contributed by atoms with van der Waals surface area (Å²) in [6.07, 6.45) is 0.748. The van der Waals surface area contributed by atoms with Crippen LogP contribution in [0.1, 0.15) is 12.0 Å². The predicted octanol–water partition coefficient (Wildman–Crippen LogP) is 3.93. The number of imide groups is 1. The van der Waals surface area contributed by atoms with Gasteiger partial charge in [0.15, 0.2) is 0 Å². The van der Waals surface area contributed by atoms with Crippen LogP contribution in [0, 0.1) is 0 Å². The van der Waals surface area contributed by atoms with E-state index in [1.54, 1.807) is 12.1 Å². The molecule has 156 valence electrons. The van der Waals surface area contributed by atoms with Gasteiger partial charge in [-0.2, -0.15) is 0 Å². The van der Waals surface area contributed by atoms with Crippen molar-refractivity contribution in [1.29, 1.82) is 0 Å². The number of halogens is 1. The summed E-state index contributed by atoms with van der Waals surface area (Å²) in [7, 11) is 0. The van der Waals surface area contributed by atoms with Gasteiger partial charge in [-0.1, -0.05) is 53.7 Å². The van der Waals surface area contributed by atoms with Crippen molar-refractivity contribution in [3.63, 3.8) is 0 Å². The van der Waals surface area contributed by atoms with Crippen LogP contribution in [0.4, 0.5) is 0 Å². The van der Waals surface area contributed by atoms with Crippen molar-refractivity contribution in [1.82, 2.24) is 9.80 Å². The Morgan fingerprint density at radius 3 is 2.30 bits per heavy atom. The molecule has 0 unspecified atom stereocenters. The van der Waals surface area contributed by atoms with Crippen molar-refractivity contribution >= 4 is 40.8 Å². The fourth-order valence-corrected chi connectivity index (χ4v) is 4.75. The number of carbonyl (C=O) groups is 2. The van der Waals surface area contributed by atoms with E-state index in [0.717, 1.165) is 49.7 Å². The summed E-state index contributed by atoms with van der Waals surface area (Å²) in [5, 5.41) is 0.634. The van der Waals surface area contributed by atoms with Gasteiger partial charge in [0.25, 0.3) is 11.8 Å². The summed E-state index contributed by atoms with van der Waals surface area (Å²) >= 11 is 7.31. The van der Waals surface area contributed by atoms with Gasteiger partial charge in [0.2, 0.25) is 0 Å². The summed E-state index contributed by atoms with van der Waals surface area (Å²) in [4.78, 5) is 31.5. The standard InChI is InChI=1S/C23H23ClN2O3S/c24-18-7-9-19(10-8-18)30-21-20(17-5-2-1-3-6-17)22(27)26(23(21)28)12-4-11-25-13-15-29-16-14-25/h1-3,5-10H,4,11-16H2. The third-order valence-corrected chi connectivity index (χ3v) is 6.52. The number of nitrogens with zero attached hydrogens (tertiary/aromatic N) is 2. The molecule has 0 saturated carbocycles. The first-order valence-corrected chi connectivity index (χ1v) is 11.2. The number of morpholine rings is 1.